The summed E-state index contributed by atoms with van der Waals surface area (Å²) in [5, 5.41) is 0.212. The summed E-state index contributed by atoms with van der Waals surface area (Å²) in [7, 11) is 0. The molecule has 86 valence electrons. The Morgan fingerprint density at radius 3 is 2.62 bits per heavy atom. The van der Waals surface area contributed by atoms with Crippen LogP contribution < -0.4 is 11.5 Å². The number of halogens is 1. The maximum atomic E-state index is 11.5. The SMILES string of the molecule is NC(=O)CCOC(=O)c1ccc(N)cc1Cl. The van der Waals surface area contributed by atoms with Crippen LogP contribution in [0, 0.1) is 0 Å². The number of esters is 1. The van der Waals surface area contributed by atoms with Crippen LogP contribution in [0.5, 0.6) is 0 Å². The van der Waals surface area contributed by atoms with Crippen molar-refractivity contribution in [3.05, 3.63) is 28.8 Å². The summed E-state index contributed by atoms with van der Waals surface area (Å²) < 4.78 is 4.79. The van der Waals surface area contributed by atoms with Crippen molar-refractivity contribution in [3.63, 3.8) is 0 Å². The molecule has 0 fully saturated rings. The van der Waals surface area contributed by atoms with Crippen LogP contribution in [0.2, 0.25) is 5.02 Å². The van der Waals surface area contributed by atoms with E-state index in [-0.39, 0.29) is 23.6 Å². The molecular weight excluding hydrogens is 232 g/mol. The average molecular weight is 243 g/mol. The normalized spacial score (nSPS) is 9.81. The van der Waals surface area contributed by atoms with E-state index in [9.17, 15) is 9.59 Å². The number of nitrogen functional groups attached to an aromatic ring is 1. The van der Waals surface area contributed by atoms with Crippen molar-refractivity contribution >= 4 is 29.2 Å². The molecule has 6 heteroatoms. The molecule has 0 aliphatic heterocycles. The zero-order valence-corrected chi connectivity index (χ0v) is 9.16. The van der Waals surface area contributed by atoms with Crippen molar-refractivity contribution in [1.29, 1.82) is 0 Å². The predicted molar refractivity (Wildman–Crippen MR) is 60.0 cm³/mol. The lowest BCUT2D eigenvalue weighted by Crippen LogP contribution is -2.16. The second-order valence-corrected chi connectivity index (χ2v) is 3.50. The van der Waals surface area contributed by atoms with E-state index < -0.39 is 11.9 Å². The van der Waals surface area contributed by atoms with Crippen LogP contribution in [0.3, 0.4) is 0 Å². The molecule has 1 amide bonds. The van der Waals surface area contributed by atoms with E-state index in [0.717, 1.165) is 0 Å². The van der Waals surface area contributed by atoms with Crippen LogP contribution in [0.25, 0.3) is 0 Å². The fourth-order valence-electron chi connectivity index (χ4n) is 1.02. The third-order valence-corrected chi connectivity index (χ3v) is 2.11. The lowest BCUT2D eigenvalue weighted by molar-refractivity contribution is -0.118. The highest BCUT2D eigenvalue weighted by Crippen LogP contribution is 2.19. The van der Waals surface area contributed by atoms with Gasteiger partial charge in [-0.2, -0.15) is 0 Å². The number of anilines is 1. The van der Waals surface area contributed by atoms with E-state index in [0.29, 0.717) is 5.69 Å². The Kier molecular flexibility index (Phi) is 4.13. The van der Waals surface area contributed by atoms with Gasteiger partial charge in [0.25, 0.3) is 0 Å². The maximum absolute atomic E-state index is 11.5. The zero-order chi connectivity index (χ0) is 12.1. The van der Waals surface area contributed by atoms with Gasteiger partial charge in [-0.3, -0.25) is 4.79 Å². The van der Waals surface area contributed by atoms with Gasteiger partial charge < -0.3 is 16.2 Å². The number of benzene rings is 1. The lowest BCUT2D eigenvalue weighted by Gasteiger charge is -2.05. The maximum Gasteiger partial charge on any atom is 0.339 e. The minimum atomic E-state index is -0.605. The number of carbonyl (C=O) groups is 2. The van der Waals surface area contributed by atoms with E-state index in [2.05, 4.69) is 0 Å². The standard InChI is InChI=1S/C10H11ClN2O3/c11-8-5-6(12)1-2-7(8)10(15)16-4-3-9(13)14/h1-2,5H,3-4,12H2,(H2,13,14). The van der Waals surface area contributed by atoms with E-state index in [4.69, 9.17) is 27.8 Å². The molecule has 0 heterocycles. The molecule has 0 unspecified atom stereocenters. The zero-order valence-electron chi connectivity index (χ0n) is 8.40. The smallest absolute Gasteiger partial charge is 0.339 e. The molecule has 0 aliphatic rings. The average Bonchev–Trinajstić information content (AvgIpc) is 2.16. The Labute approximate surface area is 97.3 Å². The van der Waals surface area contributed by atoms with E-state index in [1.54, 1.807) is 0 Å². The number of hydrogen-bond acceptors (Lipinski definition) is 4. The van der Waals surface area contributed by atoms with Gasteiger partial charge >= 0.3 is 5.97 Å². The molecule has 1 rings (SSSR count). The molecule has 0 aromatic heterocycles. The van der Waals surface area contributed by atoms with Gasteiger partial charge in [0.05, 0.1) is 17.0 Å². The highest BCUT2D eigenvalue weighted by Gasteiger charge is 2.11. The van der Waals surface area contributed by atoms with Crippen molar-refractivity contribution in [2.24, 2.45) is 5.73 Å². The predicted octanol–water partition coefficient (Wildman–Crippen LogP) is 0.954. The second-order valence-electron chi connectivity index (χ2n) is 3.09. The lowest BCUT2D eigenvalue weighted by atomic mass is 10.2. The van der Waals surface area contributed by atoms with Gasteiger partial charge in [-0.05, 0) is 18.2 Å². The monoisotopic (exact) mass is 242 g/mol. The summed E-state index contributed by atoms with van der Waals surface area (Å²) in [5.74, 6) is -1.14. The van der Waals surface area contributed by atoms with Gasteiger partial charge in [0, 0.05) is 5.69 Å². The van der Waals surface area contributed by atoms with E-state index in [1.807, 2.05) is 0 Å². The van der Waals surface area contributed by atoms with Crippen molar-refractivity contribution in [2.75, 3.05) is 12.3 Å². The first-order valence-corrected chi connectivity index (χ1v) is 4.89. The Bertz CT molecular complexity index is 421. The van der Waals surface area contributed by atoms with Crippen LogP contribution in [-0.4, -0.2) is 18.5 Å². The molecule has 0 aliphatic carbocycles. The Balaban J connectivity index is 2.63. The minimum Gasteiger partial charge on any atom is -0.462 e. The molecule has 0 bridgehead atoms. The molecule has 0 spiro atoms. The van der Waals surface area contributed by atoms with Gasteiger partial charge in [0.2, 0.25) is 5.91 Å². The topological polar surface area (TPSA) is 95.4 Å². The molecule has 1 aromatic carbocycles. The van der Waals surface area contributed by atoms with Gasteiger partial charge in [0.1, 0.15) is 6.61 Å². The van der Waals surface area contributed by atoms with E-state index in [1.165, 1.54) is 18.2 Å². The third kappa shape index (κ3) is 3.43. The summed E-state index contributed by atoms with van der Waals surface area (Å²) in [6.07, 6.45) is -0.0155. The molecule has 16 heavy (non-hydrogen) atoms. The quantitative estimate of drug-likeness (QED) is 0.607. The van der Waals surface area contributed by atoms with Crippen LogP contribution in [-0.2, 0) is 9.53 Å². The Morgan fingerprint density at radius 1 is 1.38 bits per heavy atom. The first-order chi connectivity index (χ1) is 7.50. The van der Waals surface area contributed by atoms with Crippen molar-refractivity contribution < 1.29 is 14.3 Å². The van der Waals surface area contributed by atoms with Crippen molar-refractivity contribution in [1.82, 2.24) is 0 Å². The van der Waals surface area contributed by atoms with Gasteiger partial charge in [-0.25, -0.2) is 4.79 Å². The Hall–Kier alpha value is -1.75. The fraction of sp³-hybridized carbons (Fsp3) is 0.200. The largest absolute Gasteiger partial charge is 0.462 e. The van der Waals surface area contributed by atoms with E-state index >= 15 is 0 Å². The highest BCUT2D eigenvalue weighted by atomic mass is 35.5. The van der Waals surface area contributed by atoms with Crippen LogP contribution in [0.15, 0.2) is 18.2 Å². The molecule has 1 aromatic rings. The van der Waals surface area contributed by atoms with Crippen LogP contribution in [0.4, 0.5) is 5.69 Å². The molecular formula is C10H11ClN2O3. The van der Waals surface area contributed by atoms with Gasteiger partial charge in [0.15, 0.2) is 0 Å². The number of primary amides is 1. The first kappa shape index (κ1) is 12.3. The summed E-state index contributed by atoms with van der Waals surface area (Å²) in [6.45, 7) is -0.0606. The minimum absolute atomic E-state index is 0.0155. The first-order valence-electron chi connectivity index (χ1n) is 4.51. The number of hydrogen-bond donors (Lipinski definition) is 2. The molecule has 4 N–H and O–H groups in total. The number of rotatable bonds is 4. The molecule has 0 saturated heterocycles. The van der Waals surface area contributed by atoms with Gasteiger partial charge in [-0.15, -0.1) is 0 Å². The van der Waals surface area contributed by atoms with Crippen LogP contribution in [0.1, 0.15) is 16.8 Å². The van der Waals surface area contributed by atoms with Gasteiger partial charge in [-0.1, -0.05) is 11.6 Å². The summed E-state index contributed by atoms with van der Waals surface area (Å²) >= 11 is 5.79. The molecule has 5 nitrogen and oxygen atoms in total. The number of carbonyl (C=O) groups excluding carboxylic acids is 2. The molecule has 0 radical (unpaired) electrons. The van der Waals surface area contributed by atoms with Crippen molar-refractivity contribution in [3.8, 4) is 0 Å². The van der Waals surface area contributed by atoms with Crippen LogP contribution >= 0.6 is 11.6 Å². The van der Waals surface area contributed by atoms with Crippen molar-refractivity contribution in [2.45, 2.75) is 6.42 Å². The number of nitrogens with two attached hydrogens (primary N) is 2. The Morgan fingerprint density at radius 2 is 2.06 bits per heavy atom. The third-order valence-electron chi connectivity index (χ3n) is 1.79. The molecule has 0 atom stereocenters. The number of amides is 1. The molecule has 0 saturated carbocycles. The second kappa shape index (κ2) is 5.37. The summed E-state index contributed by atoms with van der Waals surface area (Å²) in [5.41, 5.74) is 11.0. The fourth-order valence-corrected chi connectivity index (χ4v) is 1.29. The number of ether oxygens (including phenoxy) is 1. The summed E-state index contributed by atoms with van der Waals surface area (Å²) in [6, 6.07) is 4.45. The highest BCUT2D eigenvalue weighted by molar-refractivity contribution is 6.33. The summed E-state index contributed by atoms with van der Waals surface area (Å²) in [4.78, 5) is 21.9.